The summed E-state index contributed by atoms with van der Waals surface area (Å²) in [6.45, 7) is 13.0. The fraction of sp³-hybridized carbons (Fsp3) is 0.625. The van der Waals surface area contributed by atoms with Crippen LogP contribution in [0.2, 0.25) is 0 Å². The first-order valence-electron chi connectivity index (χ1n) is 7.19. The number of hydrogen-bond donors (Lipinski definition) is 1. The van der Waals surface area contributed by atoms with E-state index < -0.39 is 12.2 Å². The fourth-order valence-electron chi connectivity index (χ4n) is 2.36. The quantitative estimate of drug-likeness (QED) is 0.625. The lowest BCUT2D eigenvalue weighted by Gasteiger charge is -2.23. The first-order chi connectivity index (χ1) is 9.66. The molecule has 1 N–H and O–H groups in total. The van der Waals surface area contributed by atoms with Crippen molar-refractivity contribution in [2.24, 2.45) is 11.8 Å². The molecular weight excluding hydrogens is 270 g/mol. The van der Waals surface area contributed by atoms with Gasteiger partial charge < -0.3 is 9.84 Å². The van der Waals surface area contributed by atoms with Gasteiger partial charge in [0.15, 0.2) is 0 Å². The van der Waals surface area contributed by atoms with Crippen LogP contribution in [0.4, 0.5) is 4.79 Å². The highest BCUT2D eigenvalue weighted by Gasteiger charge is 2.39. The minimum Gasteiger partial charge on any atom is -0.447 e. The van der Waals surface area contributed by atoms with Crippen molar-refractivity contribution < 1.29 is 19.4 Å². The molecule has 0 aliphatic carbocycles. The molecular formula is C16H25NO4. The molecule has 2 amide bonds. The second-order valence-corrected chi connectivity index (χ2v) is 6.06. The van der Waals surface area contributed by atoms with E-state index in [1.165, 1.54) is 4.90 Å². The largest absolute Gasteiger partial charge is 0.447 e. The van der Waals surface area contributed by atoms with Gasteiger partial charge in [0.25, 0.3) is 5.91 Å². The van der Waals surface area contributed by atoms with Crippen molar-refractivity contribution >= 4 is 12.0 Å². The van der Waals surface area contributed by atoms with Gasteiger partial charge >= 0.3 is 6.09 Å². The highest BCUT2D eigenvalue weighted by molar-refractivity contribution is 6.03. The Labute approximate surface area is 126 Å². The molecule has 0 saturated carbocycles. The number of imide groups is 1. The second kappa shape index (κ2) is 6.89. The molecule has 0 unspecified atom stereocenters. The molecule has 0 spiro atoms. The Morgan fingerprint density at radius 3 is 2.48 bits per heavy atom. The van der Waals surface area contributed by atoms with Crippen molar-refractivity contribution in [3.63, 3.8) is 0 Å². The molecule has 0 bridgehead atoms. The van der Waals surface area contributed by atoms with Gasteiger partial charge in [0.05, 0.1) is 12.1 Å². The van der Waals surface area contributed by atoms with Crippen molar-refractivity contribution in [3.8, 4) is 0 Å². The number of nitrogens with zero attached hydrogens (tertiary/aromatic N) is 1. The van der Waals surface area contributed by atoms with E-state index in [-0.39, 0.29) is 30.4 Å². The third-order valence-electron chi connectivity index (χ3n) is 3.75. The molecule has 21 heavy (non-hydrogen) atoms. The molecule has 0 aromatic rings. The summed E-state index contributed by atoms with van der Waals surface area (Å²) in [5.74, 6) is -0.480. The van der Waals surface area contributed by atoms with Crippen molar-refractivity contribution in [1.82, 2.24) is 4.90 Å². The molecule has 1 heterocycles. The van der Waals surface area contributed by atoms with Gasteiger partial charge in [0, 0.05) is 11.5 Å². The standard InChI is InChI=1S/C16H25NO4/c1-9(2)13-8-21-16(20)17(13)15(19)12(6)7-11(5)14(18)10(3)4/h7,9,11,13-14,18H,3,8H2,1-2,4-6H3/b12-7+/t11-,13+,14+/m0/s1. The van der Waals surface area contributed by atoms with Crippen LogP contribution in [0.5, 0.6) is 0 Å². The summed E-state index contributed by atoms with van der Waals surface area (Å²) in [5, 5.41) is 9.92. The van der Waals surface area contributed by atoms with Crippen LogP contribution in [0.1, 0.15) is 34.6 Å². The Bertz CT molecular complexity index is 467. The monoisotopic (exact) mass is 295 g/mol. The van der Waals surface area contributed by atoms with Gasteiger partial charge in [-0.25, -0.2) is 9.69 Å². The van der Waals surface area contributed by atoms with E-state index in [2.05, 4.69) is 6.58 Å². The molecule has 5 nitrogen and oxygen atoms in total. The first kappa shape index (κ1) is 17.4. The van der Waals surface area contributed by atoms with Gasteiger partial charge in [-0.2, -0.15) is 0 Å². The van der Waals surface area contributed by atoms with Crippen molar-refractivity contribution in [3.05, 3.63) is 23.8 Å². The van der Waals surface area contributed by atoms with E-state index in [0.29, 0.717) is 11.1 Å². The molecule has 1 saturated heterocycles. The predicted molar refractivity (Wildman–Crippen MR) is 80.6 cm³/mol. The lowest BCUT2D eigenvalue weighted by molar-refractivity contribution is -0.125. The van der Waals surface area contributed by atoms with Crippen LogP contribution < -0.4 is 0 Å². The summed E-state index contributed by atoms with van der Waals surface area (Å²) in [6.07, 6.45) is 0.365. The lowest BCUT2D eigenvalue weighted by atomic mass is 9.96. The summed E-state index contributed by atoms with van der Waals surface area (Å²) in [6, 6.07) is -0.241. The molecule has 0 aromatic heterocycles. The number of carbonyl (C=O) groups excluding carboxylic acids is 2. The maximum absolute atomic E-state index is 12.5. The number of cyclic esters (lactones) is 1. The Hall–Kier alpha value is -1.62. The maximum Gasteiger partial charge on any atom is 0.417 e. The van der Waals surface area contributed by atoms with Gasteiger partial charge in [-0.3, -0.25) is 4.79 Å². The van der Waals surface area contributed by atoms with Crippen LogP contribution >= 0.6 is 0 Å². The van der Waals surface area contributed by atoms with Crippen LogP contribution in [-0.4, -0.2) is 40.8 Å². The average molecular weight is 295 g/mol. The van der Waals surface area contributed by atoms with E-state index in [9.17, 15) is 14.7 Å². The SMILES string of the molecule is C=C(C)[C@@H](O)[C@@H](C)/C=C(\C)C(=O)N1C(=O)OC[C@@H]1C(C)C. The number of aliphatic hydroxyl groups is 1. The molecule has 0 radical (unpaired) electrons. The molecule has 1 aliphatic heterocycles. The normalized spacial score (nSPS) is 22.2. The third-order valence-corrected chi connectivity index (χ3v) is 3.75. The molecule has 3 atom stereocenters. The van der Waals surface area contributed by atoms with E-state index in [0.717, 1.165) is 0 Å². The minimum atomic E-state index is -0.709. The number of ether oxygens (including phenoxy) is 1. The minimum absolute atomic E-state index is 0.131. The van der Waals surface area contributed by atoms with Gasteiger partial charge in [0.1, 0.15) is 6.61 Å². The molecule has 0 aromatic carbocycles. The Morgan fingerprint density at radius 1 is 1.43 bits per heavy atom. The summed E-state index contributed by atoms with van der Waals surface area (Å²) in [5.41, 5.74) is 1.06. The maximum atomic E-state index is 12.5. The molecule has 118 valence electrons. The second-order valence-electron chi connectivity index (χ2n) is 6.06. The van der Waals surface area contributed by atoms with E-state index >= 15 is 0 Å². The van der Waals surface area contributed by atoms with Crippen LogP contribution in [0, 0.1) is 11.8 Å². The predicted octanol–water partition coefficient (Wildman–Crippen LogP) is 2.51. The zero-order chi connectivity index (χ0) is 16.3. The fourth-order valence-corrected chi connectivity index (χ4v) is 2.36. The van der Waals surface area contributed by atoms with E-state index in [1.54, 1.807) is 26.8 Å². The number of amides is 2. The van der Waals surface area contributed by atoms with Crippen molar-refractivity contribution in [2.75, 3.05) is 6.61 Å². The molecule has 1 fully saturated rings. The zero-order valence-corrected chi connectivity index (χ0v) is 13.4. The van der Waals surface area contributed by atoms with Crippen LogP contribution in [0.15, 0.2) is 23.8 Å². The first-order valence-corrected chi connectivity index (χ1v) is 7.19. The number of rotatable bonds is 5. The van der Waals surface area contributed by atoms with Crippen molar-refractivity contribution in [1.29, 1.82) is 0 Å². The van der Waals surface area contributed by atoms with Crippen LogP contribution in [0.25, 0.3) is 0 Å². The Balaban J connectivity index is 2.91. The highest BCUT2D eigenvalue weighted by Crippen LogP contribution is 2.23. The third kappa shape index (κ3) is 3.94. The zero-order valence-electron chi connectivity index (χ0n) is 13.4. The molecule has 1 rings (SSSR count). The van der Waals surface area contributed by atoms with E-state index in [1.807, 2.05) is 13.8 Å². The van der Waals surface area contributed by atoms with E-state index in [4.69, 9.17) is 4.74 Å². The topological polar surface area (TPSA) is 66.8 Å². The summed E-state index contributed by atoms with van der Waals surface area (Å²) in [7, 11) is 0. The highest BCUT2D eigenvalue weighted by atomic mass is 16.6. The smallest absolute Gasteiger partial charge is 0.417 e. The Kier molecular flexibility index (Phi) is 5.72. The molecule has 1 aliphatic rings. The number of hydrogen-bond acceptors (Lipinski definition) is 4. The number of carbonyl (C=O) groups is 2. The lowest BCUT2D eigenvalue weighted by Crippen LogP contribution is -2.42. The van der Waals surface area contributed by atoms with Crippen molar-refractivity contribution in [2.45, 2.75) is 46.8 Å². The van der Waals surface area contributed by atoms with Gasteiger partial charge in [-0.15, -0.1) is 0 Å². The Morgan fingerprint density at radius 2 is 2.00 bits per heavy atom. The van der Waals surface area contributed by atoms with Gasteiger partial charge in [-0.05, 0) is 19.8 Å². The van der Waals surface area contributed by atoms with Gasteiger partial charge in [0.2, 0.25) is 0 Å². The van der Waals surface area contributed by atoms with Crippen LogP contribution in [-0.2, 0) is 9.53 Å². The summed E-state index contributed by atoms with van der Waals surface area (Å²) in [4.78, 5) is 25.4. The van der Waals surface area contributed by atoms with Crippen LogP contribution in [0.3, 0.4) is 0 Å². The number of aliphatic hydroxyl groups excluding tert-OH is 1. The average Bonchev–Trinajstić information content (AvgIpc) is 2.78. The summed E-state index contributed by atoms with van der Waals surface area (Å²) < 4.78 is 4.98. The summed E-state index contributed by atoms with van der Waals surface area (Å²) >= 11 is 0. The van der Waals surface area contributed by atoms with Gasteiger partial charge in [-0.1, -0.05) is 39.0 Å². The molecule has 5 heteroatoms.